The highest BCUT2D eigenvalue weighted by atomic mass is 16.5. The monoisotopic (exact) mass is 339 g/mol. The van der Waals surface area contributed by atoms with Crippen LogP contribution in [0, 0.1) is 5.92 Å². The molecule has 0 saturated heterocycles. The average Bonchev–Trinajstić information content (AvgIpc) is 2.93. The lowest BCUT2D eigenvalue weighted by Gasteiger charge is -2.16. The van der Waals surface area contributed by atoms with Gasteiger partial charge in [-0.2, -0.15) is 0 Å². The van der Waals surface area contributed by atoms with Crippen LogP contribution in [0.15, 0.2) is 10.6 Å². The van der Waals surface area contributed by atoms with Crippen LogP contribution in [0.1, 0.15) is 57.3 Å². The number of carbonyl (C=O) groups excluding carboxylic acids is 2. The number of carboxylic acids is 1. The summed E-state index contributed by atoms with van der Waals surface area (Å²) in [4.78, 5) is 34.9. The third-order valence-electron chi connectivity index (χ3n) is 3.23. The lowest BCUT2D eigenvalue weighted by molar-refractivity contribution is -0.142. The molecule has 0 fully saturated rings. The van der Waals surface area contributed by atoms with Crippen LogP contribution in [0.5, 0.6) is 0 Å². The van der Waals surface area contributed by atoms with Gasteiger partial charge in [-0.1, -0.05) is 39.8 Å². The molecule has 1 aromatic rings. The molecule has 1 aromatic heterocycles. The van der Waals surface area contributed by atoms with Crippen molar-refractivity contribution < 1.29 is 24.0 Å². The van der Waals surface area contributed by atoms with Crippen LogP contribution in [0.4, 0.5) is 0 Å². The van der Waals surface area contributed by atoms with E-state index in [1.165, 1.54) is 6.07 Å². The number of nitrogens with zero attached hydrogens (tertiary/aromatic N) is 1. The molecule has 24 heavy (non-hydrogen) atoms. The van der Waals surface area contributed by atoms with Crippen molar-refractivity contribution in [1.82, 2.24) is 15.8 Å². The number of amides is 2. The Balaban J connectivity index is 2.55. The Bertz CT molecular complexity index is 601. The second-order valence-electron chi connectivity index (χ2n) is 7.10. The minimum Gasteiger partial charge on any atom is -0.480 e. The van der Waals surface area contributed by atoms with Gasteiger partial charge < -0.3 is 20.3 Å². The van der Waals surface area contributed by atoms with Gasteiger partial charge >= 0.3 is 5.97 Å². The summed E-state index contributed by atoms with van der Waals surface area (Å²) in [5, 5.41) is 17.5. The molecular formula is C16H25N3O5. The Hall–Kier alpha value is -2.38. The topological polar surface area (TPSA) is 122 Å². The van der Waals surface area contributed by atoms with Gasteiger partial charge in [0, 0.05) is 11.5 Å². The van der Waals surface area contributed by atoms with Crippen molar-refractivity contribution in [1.29, 1.82) is 0 Å². The van der Waals surface area contributed by atoms with E-state index in [-0.39, 0.29) is 23.6 Å². The fourth-order valence-electron chi connectivity index (χ4n) is 1.93. The van der Waals surface area contributed by atoms with Gasteiger partial charge in [-0.3, -0.25) is 9.59 Å². The predicted octanol–water partition coefficient (Wildman–Crippen LogP) is 1.32. The van der Waals surface area contributed by atoms with Gasteiger partial charge in [0.2, 0.25) is 5.91 Å². The Morgan fingerprint density at radius 2 is 1.92 bits per heavy atom. The van der Waals surface area contributed by atoms with E-state index in [9.17, 15) is 14.4 Å². The highest BCUT2D eigenvalue weighted by Crippen LogP contribution is 2.22. The van der Waals surface area contributed by atoms with Crippen molar-refractivity contribution >= 4 is 17.8 Å². The number of aromatic nitrogens is 1. The normalized spacial score (nSPS) is 12.8. The third kappa shape index (κ3) is 6.02. The van der Waals surface area contributed by atoms with E-state index in [0.29, 0.717) is 12.2 Å². The number of nitrogens with one attached hydrogen (secondary N) is 2. The van der Waals surface area contributed by atoms with Crippen LogP contribution in [0.3, 0.4) is 0 Å². The van der Waals surface area contributed by atoms with Crippen LogP contribution in [0.25, 0.3) is 0 Å². The number of carboxylic acid groups (broad SMARTS) is 1. The lowest BCUT2D eigenvalue weighted by Crippen LogP contribution is -2.46. The zero-order chi connectivity index (χ0) is 18.5. The molecule has 134 valence electrons. The number of rotatable bonds is 7. The largest absolute Gasteiger partial charge is 0.480 e. The fraction of sp³-hybridized carbons (Fsp3) is 0.625. The zero-order valence-electron chi connectivity index (χ0n) is 14.7. The van der Waals surface area contributed by atoms with E-state index in [1.807, 2.05) is 34.6 Å². The molecule has 0 aromatic carbocycles. The Kier molecular flexibility index (Phi) is 6.51. The molecule has 0 spiro atoms. The molecule has 8 nitrogen and oxygen atoms in total. The minimum atomic E-state index is -1.10. The first-order chi connectivity index (χ1) is 11.0. The molecule has 3 N–H and O–H groups in total. The molecule has 0 saturated carbocycles. The quantitative estimate of drug-likeness (QED) is 0.689. The van der Waals surface area contributed by atoms with Crippen LogP contribution in [0.2, 0.25) is 0 Å². The molecular weight excluding hydrogens is 314 g/mol. The summed E-state index contributed by atoms with van der Waals surface area (Å²) in [5.74, 6) is -1.56. The summed E-state index contributed by atoms with van der Waals surface area (Å²) in [6.45, 7) is 9.15. The summed E-state index contributed by atoms with van der Waals surface area (Å²) in [6.07, 6.45) is 0.313. The molecule has 0 aliphatic heterocycles. The Labute approximate surface area is 141 Å². The van der Waals surface area contributed by atoms with Crippen molar-refractivity contribution in [3.05, 3.63) is 17.5 Å². The highest BCUT2D eigenvalue weighted by Gasteiger charge is 2.23. The number of carbonyl (C=O) groups is 3. The van der Waals surface area contributed by atoms with E-state index in [4.69, 9.17) is 9.63 Å². The zero-order valence-corrected chi connectivity index (χ0v) is 14.7. The first-order valence-electron chi connectivity index (χ1n) is 7.78. The molecule has 2 amide bonds. The Morgan fingerprint density at radius 1 is 1.29 bits per heavy atom. The summed E-state index contributed by atoms with van der Waals surface area (Å²) in [6, 6.07) is 0.542. The average molecular weight is 339 g/mol. The summed E-state index contributed by atoms with van der Waals surface area (Å²) in [7, 11) is 0. The number of aliphatic carboxylic acids is 1. The van der Waals surface area contributed by atoms with Gasteiger partial charge in [0.15, 0.2) is 5.69 Å². The minimum absolute atomic E-state index is 0.0738. The van der Waals surface area contributed by atoms with E-state index < -0.39 is 23.8 Å². The SMILES string of the molecule is CC(C)C[C@H](NC(=O)CNC(=O)c1cc(C(C)(C)C)on1)C(=O)O. The first-order valence-corrected chi connectivity index (χ1v) is 7.78. The first kappa shape index (κ1) is 19.7. The molecule has 8 heteroatoms. The summed E-state index contributed by atoms with van der Waals surface area (Å²) >= 11 is 0. The molecule has 0 bridgehead atoms. The predicted molar refractivity (Wildman–Crippen MR) is 86.6 cm³/mol. The van der Waals surface area contributed by atoms with Gasteiger partial charge in [-0.25, -0.2) is 4.79 Å². The van der Waals surface area contributed by atoms with Crippen molar-refractivity contribution in [2.24, 2.45) is 5.92 Å². The molecule has 1 rings (SSSR count). The maximum atomic E-state index is 12.0. The van der Waals surface area contributed by atoms with Crippen molar-refractivity contribution in [3.8, 4) is 0 Å². The van der Waals surface area contributed by atoms with Crippen molar-refractivity contribution in [2.75, 3.05) is 6.54 Å². The van der Waals surface area contributed by atoms with E-state index >= 15 is 0 Å². The van der Waals surface area contributed by atoms with Gasteiger partial charge in [-0.15, -0.1) is 0 Å². The van der Waals surface area contributed by atoms with E-state index in [1.54, 1.807) is 0 Å². The van der Waals surface area contributed by atoms with Gasteiger partial charge in [0.05, 0.1) is 6.54 Å². The molecule has 1 atom stereocenters. The maximum Gasteiger partial charge on any atom is 0.326 e. The van der Waals surface area contributed by atoms with Crippen molar-refractivity contribution in [3.63, 3.8) is 0 Å². The maximum absolute atomic E-state index is 12.0. The fourth-order valence-corrected chi connectivity index (χ4v) is 1.93. The third-order valence-corrected chi connectivity index (χ3v) is 3.23. The molecule has 0 unspecified atom stereocenters. The molecule has 0 aliphatic carbocycles. The number of hydrogen-bond acceptors (Lipinski definition) is 5. The number of hydrogen-bond donors (Lipinski definition) is 3. The lowest BCUT2D eigenvalue weighted by atomic mass is 9.93. The smallest absolute Gasteiger partial charge is 0.326 e. The second kappa shape index (κ2) is 7.94. The van der Waals surface area contributed by atoms with Crippen LogP contribution >= 0.6 is 0 Å². The second-order valence-corrected chi connectivity index (χ2v) is 7.10. The van der Waals surface area contributed by atoms with E-state index in [2.05, 4.69) is 15.8 Å². The van der Waals surface area contributed by atoms with Crippen LogP contribution in [-0.4, -0.2) is 40.6 Å². The Morgan fingerprint density at radius 3 is 2.38 bits per heavy atom. The highest BCUT2D eigenvalue weighted by molar-refractivity contribution is 5.95. The molecule has 0 aliphatic rings. The standard InChI is InChI=1S/C16H25N3O5/c1-9(2)6-11(15(22)23)18-13(20)8-17-14(21)10-7-12(24-19-10)16(3,4)5/h7,9,11H,6,8H2,1-5H3,(H,17,21)(H,18,20)(H,22,23)/t11-/m0/s1. The van der Waals surface area contributed by atoms with E-state index in [0.717, 1.165) is 0 Å². The molecule has 0 radical (unpaired) electrons. The van der Waals surface area contributed by atoms with Crippen molar-refractivity contribution in [2.45, 2.75) is 52.5 Å². The van der Waals surface area contributed by atoms with Gasteiger partial charge in [0.1, 0.15) is 11.8 Å². The van der Waals surface area contributed by atoms with Crippen LogP contribution < -0.4 is 10.6 Å². The van der Waals surface area contributed by atoms with Crippen LogP contribution in [-0.2, 0) is 15.0 Å². The summed E-state index contributed by atoms with van der Waals surface area (Å²) < 4.78 is 5.11. The molecule has 1 heterocycles. The van der Waals surface area contributed by atoms with Gasteiger partial charge in [0.25, 0.3) is 5.91 Å². The van der Waals surface area contributed by atoms with Gasteiger partial charge in [-0.05, 0) is 12.3 Å². The summed E-state index contributed by atoms with van der Waals surface area (Å²) in [5.41, 5.74) is -0.209.